The van der Waals surface area contributed by atoms with Crippen molar-refractivity contribution in [1.82, 2.24) is 5.06 Å². The van der Waals surface area contributed by atoms with Crippen LogP contribution in [0.4, 0.5) is 0 Å². The summed E-state index contributed by atoms with van der Waals surface area (Å²) in [5.74, 6) is -0.770. The van der Waals surface area contributed by atoms with Crippen LogP contribution in [0.5, 0.6) is 0 Å². The number of hydroxylamine groups is 2. The van der Waals surface area contributed by atoms with Gasteiger partial charge in [-0.1, -0.05) is 0 Å². The number of carboxylic acids is 1. The van der Waals surface area contributed by atoms with Crippen LogP contribution < -0.4 is 0 Å². The summed E-state index contributed by atoms with van der Waals surface area (Å²) in [6.07, 6.45) is 1.63. The zero-order valence-corrected chi connectivity index (χ0v) is 11.3. The predicted octanol–water partition coefficient (Wildman–Crippen LogP) is 0.576. The van der Waals surface area contributed by atoms with Gasteiger partial charge in [0.05, 0.1) is 20.1 Å². The summed E-state index contributed by atoms with van der Waals surface area (Å²) < 4.78 is 4.58. The number of carbonyl (C=O) groups is 2. The van der Waals surface area contributed by atoms with E-state index < -0.39 is 12.0 Å². The second-order valence-electron chi connectivity index (χ2n) is 4.26. The number of nitrogens with zero attached hydrogens (tertiary/aromatic N) is 1. The number of carboxylic acid groups (broad SMARTS) is 1. The van der Waals surface area contributed by atoms with Gasteiger partial charge in [-0.3, -0.25) is 14.4 Å². The molecular weight excluding hydrogens is 258 g/mol. The average Bonchev–Trinajstić information content (AvgIpc) is 2.82. The van der Waals surface area contributed by atoms with Crippen LogP contribution in [0.15, 0.2) is 0 Å². The molecule has 18 heavy (non-hydrogen) atoms. The van der Waals surface area contributed by atoms with E-state index in [2.05, 4.69) is 17.4 Å². The highest BCUT2D eigenvalue weighted by molar-refractivity contribution is 7.80. The van der Waals surface area contributed by atoms with Crippen molar-refractivity contribution >= 4 is 24.6 Å². The molecular formula is C11H19NO5S. The summed E-state index contributed by atoms with van der Waals surface area (Å²) in [7, 11) is 1.33. The van der Waals surface area contributed by atoms with Crippen LogP contribution in [0.1, 0.15) is 19.3 Å². The highest BCUT2D eigenvalue weighted by Gasteiger charge is 2.32. The Balaban J connectivity index is 2.37. The molecule has 0 aliphatic carbocycles. The van der Waals surface area contributed by atoms with Crippen LogP contribution in [0.3, 0.4) is 0 Å². The van der Waals surface area contributed by atoms with Crippen LogP contribution >= 0.6 is 12.6 Å². The number of carbonyl (C=O) groups excluding carboxylic acids is 1. The zero-order chi connectivity index (χ0) is 13.5. The average molecular weight is 277 g/mol. The third-order valence-corrected chi connectivity index (χ3v) is 3.42. The van der Waals surface area contributed by atoms with E-state index in [0.717, 1.165) is 6.42 Å². The third-order valence-electron chi connectivity index (χ3n) is 2.91. The molecule has 2 atom stereocenters. The molecule has 104 valence electrons. The summed E-state index contributed by atoms with van der Waals surface area (Å²) in [5.41, 5.74) is 0. The van der Waals surface area contributed by atoms with Crippen molar-refractivity contribution in [2.45, 2.75) is 25.3 Å². The monoisotopic (exact) mass is 277 g/mol. The van der Waals surface area contributed by atoms with Crippen molar-refractivity contribution in [1.29, 1.82) is 0 Å². The summed E-state index contributed by atoms with van der Waals surface area (Å²) in [5, 5.41) is 10.5. The molecule has 1 aliphatic rings. The molecule has 1 rings (SSSR count). The van der Waals surface area contributed by atoms with Gasteiger partial charge in [0, 0.05) is 12.5 Å². The molecule has 1 aliphatic heterocycles. The molecule has 0 aromatic heterocycles. The number of esters is 1. The molecule has 1 saturated heterocycles. The van der Waals surface area contributed by atoms with Gasteiger partial charge in [-0.2, -0.15) is 17.7 Å². The molecule has 1 N–H and O–H groups in total. The van der Waals surface area contributed by atoms with Crippen LogP contribution in [0.25, 0.3) is 0 Å². The Kier molecular flexibility index (Phi) is 6.45. The van der Waals surface area contributed by atoms with Crippen molar-refractivity contribution in [3.8, 4) is 0 Å². The molecule has 6 nitrogen and oxygen atoms in total. The lowest BCUT2D eigenvalue weighted by atomic mass is 10.1. The molecule has 1 heterocycles. The number of thiol groups is 1. The first-order chi connectivity index (χ1) is 8.58. The van der Waals surface area contributed by atoms with Gasteiger partial charge < -0.3 is 9.84 Å². The van der Waals surface area contributed by atoms with Crippen LogP contribution in [0, 0.1) is 5.92 Å². The molecule has 0 amide bonds. The normalized spacial score (nSPS) is 21.8. The minimum atomic E-state index is -0.872. The molecule has 0 aromatic rings. The van der Waals surface area contributed by atoms with E-state index in [9.17, 15) is 9.59 Å². The van der Waals surface area contributed by atoms with E-state index in [-0.39, 0.29) is 24.9 Å². The molecule has 0 saturated carbocycles. The largest absolute Gasteiger partial charge is 0.480 e. The Morgan fingerprint density at radius 1 is 1.56 bits per heavy atom. The zero-order valence-electron chi connectivity index (χ0n) is 10.4. The smallest absolute Gasteiger partial charge is 0.323 e. The number of ether oxygens (including phenoxy) is 1. The second kappa shape index (κ2) is 7.60. The van der Waals surface area contributed by atoms with Gasteiger partial charge in [-0.15, -0.1) is 0 Å². The third kappa shape index (κ3) is 4.47. The predicted molar refractivity (Wildman–Crippen MR) is 67.3 cm³/mol. The lowest BCUT2D eigenvalue weighted by Gasteiger charge is -2.23. The van der Waals surface area contributed by atoms with Gasteiger partial charge in [0.2, 0.25) is 0 Å². The van der Waals surface area contributed by atoms with Gasteiger partial charge in [-0.25, -0.2) is 0 Å². The van der Waals surface area contributed by atoms with E-state index >= 15 is 0 Å². The van der Waals surface area contributed by atoms with Gasteiger partial charge in [0.15, 0.2) is 0 Å². The Morgan fingerprint density at radius 2 is 2.28 bits per heavy atom. The summed E-state index contributed by atoms with van der Waals surface area (Å²) in [4.78, 5) is 27.5. The maximum absolute atomic E-state index is 11.1. The van der Waals surface area contributed by atoms with Crippen LogP contribution in [0.2, 0.25) is 0 Å². The highest BCUT2D eigenvalue weighted by Crippen LogP contribution is 2.19. The second-order valence-corrected chi connectivity index (χ2v) is 4.63. The van der Waals surface area contributed by atoms with Crippen molar-refractivity contribution in [3.63, 3.8) is 0 Å². The first-order valence-corrected chi connectivity index (χ1v) is 6.51. The summed E-state index contributed by atoms with van der Waals surface area (Å²) in [6.45, 7) is 0.886. The fraction of sp³-hybridized carbons (Fsp3) is 0.818. The number of hydrogen-bond donors (Lipinski definition) is 2. The lowest BCUT2D eigenvalue weighted by Crippen LogP contribution is -2.37. The van der Waals surface area contributed by atoms with E-state index in [1.54, 1.807) is 0 Å². The minimum Gasteiger partial charge on any atom is -0.480 e. The Hall–Kier alpha value is -0.790. The van der Waals surface area contributed by atoms with E-state index in [1.165, 1.54) is 12.2 Å². The Labute approximate surface area is 112 Å². The Morgan fingerprint density at radius 3 is 2.83 bits per heavy atom. The molecule has 0 spiro atoms. The van der Waals surface area contributed by atoms with E-state index in [4.69, 9.17) is 9.94 Å². The number of hydrogen-bond acceptors (Lipinski definition) is 6. The standard InChI is InChI=1S/C11H19NO5S/c1-16-10(13)5-8(7-18)6-17-12-4-2-3-9(12)11(14)15/h8-9,18H,2-7H2,1H3,(H,14,15)/t8?,9-/m0/s1. The van der Waals surface area contributed by atoms with Crippen molar-refractivity contribution in [2.75, 3.05) is 26.0 Å². The summed E-state index contributed by atoms with van der Waals surface area (Å²) in [6, 6.07) is -0.580. The van der Waals surface area contributed by atoms with Crippen LogP contribution in [-0.4, -0.2) is 54.2 Å². The minimum absolute atomic E-state index is 0.0733. The lowest BCUT2D eigenvalue weighted by molar-refractivity contribution is -0.192. The number of rotatable bonds is 7. The molecule has 1 fully saturated rings. The molecule has 0 bridgehead atoms. The fourth-order valence-electron chi connectivity index (χ4n) is 1.84. The van der Waals surface area contributed by atoms with Gasteiger partial charge >= 0.3 is 11.9 Å². The van der Waals surface area contributed by atoms with Gasteiger partial charge in [0.25, 0.3) is 0 Å². The number of aliphatic carboxylic acids is 1. The first kappa shape index (κ1) is 15.3. The van der Waals surface area contributed by atoms with E-state index in [0.29, 0.717) is 18.7 Å². The molecule has 7 heteroatoms. The topological polar surface area (TPSA) is 76.1 Å². The SMILES string of the molecule is COC(=O)CC(CS)CON1CCC[C@H]1C(=O)O. The molecule has 0 aromatic carbocycles. The van der Waals surface area contributed by atoms with Gasteiger partial charge in [0.1, 0.15) is 6.04 Å². The van der Waals surface area contributed by atoms with Gasteiger partial charge in [-0.05, 0) is 18.6 Å². The molecule has 0 radical (unpaired) electrons. The summed E-state index contributed by atoms with van der Waals surface area (Å²) >= 11 is 4.15. The maximum atomic E-state index is 11.1. The Bertz CT molecular complexity index is 299. The van der Waals surface area contributed by atoms with Crippen molar-refractivity contribution in [3.05, 3.63) is 0 Å². The number of methoxy groups -OCH3 is 1. The quantitative estimate of drug-likeness (QED) is 0.523. The highest BCUT2D eigenvalue weighted by atomic mass is 32.1. The first-order valence-electron chi connectivity index (χ1n) is 5.88. The van der Waals surface area contributed by atoms with Crippen LogP contribution in [-0.2, 0) is 19.2 Å². The molecule has 1 unspecified atom stereocenters. The van der Waals surface area contributed by atoms with E-state index in [1.807, 2.05) is 0 Å². The van der Waals surface area contributed by atoms with Crippen molar-refractivity contribution < 1.29 is 24.3 Å². The fourth-order valence-corrected chi connectivity index (χ4v) is 2.07. The van der Waals surface area contributed by atoms with Crippen molar-refractivity contribution in [2.24, 2.45) is 5.92 Å². The maximum Gasteiger partial charge on any atom is 0.323 e.